The van der Waals surface area contributed by atoms with Crippen LogP contribution in [0.4, 0.5) is 5.69 Å². The van der Waals surface area contributed by atoms with Crippen LogP contribution in [0.25, 0.3) is 11.0 Å². The lowest BCUT2D eigenvalue weighted by molar-refractivity contribution is -0.131. The minimum atomic E-state index is -0.138. The fourth-order valence-electron chi connectivity index (χ4n) is 2.95. The SMILES string of the molecule is N#CCC(=O)N1CCC[C@@H](Nc2c(C#N)cnc3[nH]ccc23)C1. The van der Waals surface area contributed by atoms with Gasteiger partial charge >= 0.3 is 0 Å². The first-order valence-corrected chi connectivity index (χ1v) is 7.50. The van der Waals surface area contributed by atoms with Crippen molar-refractivity contribution in [3.05, 3.63) is 24.0 Å². The summed E-state index contributed by atoms with van der Waals surface area (Å²) in [5.41, 5.74) is 1.95. The highest BCUT2D eigenvalue weighted by molar-refractivity contribution is 5.92. The summed E-state index contributed by atoms with van der Waals surface area (Å²) in [5, 5.41) is 22.2. The number of likely N-dealkylation sites (tertiary alicyclic amines) is 1. The third-order valence-electron chi connectivity index (χ3n) is 4.06. The van der Waals surface area contributed by atoms with Crippen LogP contribution in [0.5, 0.6) is 0 Å². The molecule has 7 nitrogen and oxygen atoms in total. The maximum atomic E-state index is 11.9. The lowest BCUT2D eigenvalue weighted by Crippen LogP contribution is -2.45. The van der Waals surface area contributed by atoms with Gasteiger partial charge in [0, 0.05) is 36.9 Å². The van der Waals surface area contributed by atoms with Crippen molar-refractivity contribution in [1.29, 1.82) is 10.5 Å². The highest BCUT2D eigenvalue weighted by Crippen LogP contribution is 2.27. The third-order valence-corrected chi connectivity index (χ3v) is 4.06. The van der Waals surface area contributed by atoms with Crippen molar-refractivity contribution < 1.29 is 4.79 Å². The van der Waals surface area contributed by atoms with Gasteiger partial charge in [0.2, 0.25) is 5.91 Å². The van der Waals surface area contributed by atoms with Crippen LogP contribution in [-0.4, -0.2) is 39.9 Å². The highest BCUT2D eigenvalue weighted by Gasteiger charge is 2.24. The number of nitriles is 2. The molecule has 1 aliphatic rings. The van der Waals surface area contributed by atoms with E-state index in [0.29, 0.717) is 18.7 Å². The number of nitrogens with zero attached hydrogens (tertiary/aromatic N) is 4. The number of aromatic amines is 1. The summed E-state index contributed by atoms with van der Waals surface area (Å²) in [7, 11) is 0. The van der Waals surface area contributed by atoms with E-state index in [1.54, 1.807) is 17.3 Å². The fraction of sp³-hybridized carbons (Fsp3) is 0.375. The van der Waals surface area contributed by atoms with Crippen LogP contribution in [0.1, 0.15) is 24.8 Å². The number of carbonyl (C=O) groups excluding carboxylic acids is 1. The molecule has 0 saturated carbocycles. The molecular weight excluding hydrogens is 292 g/mol. The van der Waals surface area contributed by atoms with Gasteiger partial charge in [0.15, 0.2) is 0 Å². The number of piperidine rings is 1. The molecule has 0 radical (unpaired) electrons. The van der Waals surface area contributed by atoms with Crippen molar-refractivity contribution in [1.82, 2.24) is 14.9 Å². The number of carbonyl (C=O) groups is 1. The van der Waals surface area contributed by atoms with Crippen molar-refractivity contribution in [3.8, 4) is 12.1 Å². The Morgan fingerprint density at radius 2 is 2.39 bits per heavy atom. The maximum absolute atomic E-state index is 11.9. The second-order valence-electron chi connectivity index (χ2n) is 5.56. The Hall–Kier alpha value is -3.06. The van der Waals surface area contributed by atoms with Crippen LogP contribution in [0.3, 0.4) is 0 Å². The van der Waals surface area contributed by atoms with Crippen LogP contribution in [0.2, 0.25) is 0 Å². The van der Waals surface area contributed by atoms with Crippen LogP contribution in [0.15, 0.2) is 18.5 Å². The van der Waals surface area contributed by atoms with E-state index in [1.807, 2.05) is 12.1 Å². The Morgan fingerprint density at radius 3 is 3.17 bits per heavy atom. The number of anilines is 1. The molecule has 1 amide bonds. The average Bonchev–Trinajstić information content (AvgIpc) is 3.05. The standard InChI is InChI=1S/C16H16N6O/c17-5-3-14(23)22-7-1-2-12(10-22)21-15-11(8-18)9-20-16-13(15)4-6-19-16/h4,6,9,12H,1-3,7,10H2,(H2,19,20,21)/t12-/m1/s1. The van der Waals surface area contributed by atoms with E-state index in [0.717, 1.165) is 29.6 Å². The number of rotatable bonds is 3. The molecule has 2 aromatic rings. The highest BCUT2D eigenvalue weighted by atomic mass is 16.2. The Bertz CT molecular complexity index is 812. The zero-order chi connectivity index (χ0) is 16.2. The molecule has 23 heavy (non-hydrogen) atoms. The predicted octanol–water partition coefficient (Wildman–Crippen LogP) is 1.75. The fourth-order valence-corrected chi connectivity index (χ4v) is 2.95. The first-order valence-electron chi connectivity index (χ1n) is 7.50. The zero-order valence-corrected chi connectivity index (χ0v) is 12.5. The van der Waals surface area contributed by atoms with Gasteiger partial charge in [-0.3, -0.25) is 4.79 Å². The Morgan fingerprint density at radius 1 is 1.52 bits per heavy atom. The first-order chi connectivity index (χ1) is 11.2. The van der Waals surface area contributed by atoms with E-state index < -0.39 is 0 Å². The molecule has 0 unspecified atom stereocenters. The monoisotopic (exact) mass is 308 g/mol. The molecule has 1 saturated heterocycles. The smallest absolute Gasteiger partial charge is 0.236 e. The van der Waals surface area contributed by atoms with E-state index in [-0.39, 0.29) is 18.4 Å². The van der Waals surface area contributed by atoms with E-state index in [4.69, 9.17) is 5.26 Å². The molecular formula is C16H16N6O. The second kappa shape index (κ2) is 6.37. The van der Waals surface area contributed by atoms with Crippen molar-refractivity contribution in [3.63, 3.8) is 0 Å². The van der Waals surface area contributed by atoms with Crippen LogP contribution in [-0.2, 0) is 4.79 Å². The number of nitrogens with one attached hydrogen (secondary N) is 2. The molecule has 0 spiro atoms. The summed E-state index contributed by atoms with van der Waals surface area (Å²) in [4.78, 5) is 20.9. The molecule has 2 aromatic heterocycles. The molecule has 7 heteroatoms. The minimum absolute atomic E-state index is 0.0546. The van der Waals surface area contributed by atoms with Crippen molar-refractivity contribution in [2.75, 3.05) is 18.4 Å². The zero-order valence-electron chi connectivity index (χ0n) is 12.5. The number of hydrogen-bond acceptors (Lipinski definition) is 5. The molecule has 2 N–H and O–H groups in total. The third kappa shape index (κ3) is 2.95. The lowest BCUT2D eigenvalue weighted by Gasteiger charge is -2.33. The molecule has 0 bridgehead atoms. The first kappa shape index (κ1) is 14.9. The average molecular weight is 308 g/mol. The second-order valence-corrected chi connectivity index (χ2v) is 5.56. The Balaban J connectivity index is 1.82. The van der Waals surface area contributed by atoms with Gasteiger partial charge in [-0.2, -0.15) is 10.5 Å². The van der Waals surface area contributed by atoms with E-state index in [9.17, 15) is 10.1 Å². The number of amides is 1. The summed E-state index contributed by atoms with van der Waals surface area (Å²) < 4.78 is 0. The topological polar surface area (TPSA) is 109 Å². The van der Waals surface area contributed by atoms with Crippen LogP contribution >= 0.6 is 0 Å². The largest absolute Gasteiger partial charge is 0.379 e. The summed E-state index contributed by atoms with van der Waals surface area (Å²) in [6, 6.07) is 6.00. The van der Waals surface area contributed by atoms with Gasteiger partial charge in [-0.25, -0.2) is 4.98 Å². The molecule has 0 aromatic carbocycles. The molecule has 116 valence electrons. The van der Waals surface area contributed by atoms with Gasteiger partial charge in [-0.05, 0) is 18.9 Å². The van der Waals surface area contributed by atoms with Crippen molar-refractivity contribution in [2.24, 2.45) is 0 Å². The number of fused-ring (bicyclic) bond motifs is 1. The van der Waals surface area contributed by atoms with Crippen LogP contribution in [0, 0.1) is 22.7 Å². The van der Waals surface area contributed by atoms with E-state index in [2.05, 4.69) is 21.4 Å². The quantitative estimate of drug-likeness (QED) is 0.898. The maximum Gasteiger partial charge on any atom is 0.236 e. The number of hydrogen-bond donors (Lipinski definition) is 2. The Labute approximate surface area is 133 Å². The van der Waals surface area contributed by atoms with Gasteiger partial charge in [0.05, 0.1) is 17.3 Å². The minimum Gasteiger partial charge on any atom is -0.379 e. The summed E-state index contributed by atoms with van der Waals surface area (Å²) in [6.07, 6.45) is 5.03. The number of pyridine rings is 1. The number of aromatic nitrogens is 2. The summed E-state index contributed by atoms with van der Waals surface area (Å²) in [6.45, 7) is 1.22. The molecule has 1 atom stereocenters. The van der Waals surface area contributed by atoms with Gasteiger partial charge in [-0.1, -0.05) is 0 Å². The summed E-state index contributed by atoms with van der Waals surface area (Å²) >= 11 is 0. The van der Waals surface area contributed by atoms with Gasteiger partial charge in [0.25, 0.3) is 0 Å². The van der Waals surface area contributed by atoms with Gasteiger partial charge < -0.3 is 15.2 Å². The van der Waals surface area contributed by atoms with Crippen molar-refractivity contribution >= 4 is 22.6 Å². The summed E-state index contributed by atoms with van der Waals surface area (Å²) in [5.74, 6) is -0.138. The molecule has 3 heterocycles. The van der Waals surface area contributed by atoms with Gasteiger partial charge in [-0.15, -0.1) is 0 Å². The molecule has 1 fully saturated rings. The van der Waals surface area contributed by atoms with Crippen molar-refractivity contribution in [2.45, 2.75) is 25.3 Å². The normalized spacial score (nSPS) is 17.5. The van der Waals surface area contributed by atoms with Gasteiger partial charge in [0.1, 0.15) is 18.1 Å². The molecule has 1 aliphatic heterocycles. The molecule has 0 aliphatic carbocycles. The number of H-pyrrole nitrogens is 1. The Kier molecular flexibility index (Phi) is 4.11. The molecule has 3 rings (SSSR count). The lowest BCUT2D eigenvalue weighted by atomic mass is 10.0. The van der Waals surface area contributed by atoms with E-state index in [1.165, 1.54) is 0 Å². The predicted molar refractivity (Wildman–Crippen MR) is 84.3 cm³/mol. The van der Waals surface area contributed by atoms with Crippen LogP contribution < -0.4 is 5.32 Å². The van der Waals surface area contributed by atoms with E-state index >= 15 is 0 Å².